The van der Waals surface area contributed by atoms with E-state index in [1.807, 2.05) is 4.90 Å². The van der Waals surface area contributed by atoms with Gasteiger partial charge in [-0.05, 0) is 42.8 Å². The summed E-state index contributed by atoms with van der Waals surface area (Å²) in [6.45, 7) is 2.15. The van der Waals surface area contributed by atoms with E-state index in [0.29, 0.717) is 49.1 Å². The molecule has 0 spiro atoms. The zero-order chi connectivity index (χ0) is 22.2. The SMILES string of the molecule is CN=C(NCCNC(=O)c1ccc(OC)cc1)NC1CCN(c2ccc(F)cc2F)C1. The largest absolute Gasteiger partial charge is 0.497 e. The van der Waals surface area contributed by atoms with Crippen LogP contribution >= 0.6 is 0 Å². The Kier molecular flexibility index (Phi) is 7.64. The van der Waals surface area contributed by atoms with Gasteiger partial charge >= 0.3 is 0 Å². The number of guanidine groups is 1. The summed E-state index contributed by atoms with van der Waals surface area (Å²) in [4.78, 5) is 18.3. The molecule has 3 N–H and O–H groups in total. The summed E-state index contributed by atoms with van der Waals surface area (Å²) < 4.78 is 32.2. The van der Waals surface area contributed by atoms with Gasteiger partial charge in [0, 0.05) is 50.9 Å². The summed E-state index contributed by atoms with van der Waals surface area (Å²) in [6.07, 6.45) is 0.797. The maximum atomic E-state index is 14.0. The Morgan fingerprint density at radius 3 is 2.58 bits per heavy atom. The number of nitrogens with one attached hydrogen (secondary N) is 3. The molecule has 0 radical (unpaired) electrons. The highest BCUT2D eigenvalue weighted by Gasteiger charge is 2.25. The molecule has 1 amide bonds. The highest BCUT2D eigenvalue weighted by atomic mass is 19.1. The van der Waals surface area contributed by atoms with Crippen LogP contribution in [0.3, 0.4) is 0 Å². The number of aliphatic imine (C=N–C) groups is 1. The van der Waals surface area contributed by atoms with Crippen molar-refractivity contribution in [2.24, 2.45) is 4.99 Å². The average molecular weight is 431 g/mol. The number of nitrogens with zero attached hydrogens (tertiary/aromatic N) is 2. The van der Waals surface area contributed by atoms with Crippen LogP contribution in [-0.4, -0.2) is 58.2 Å². The first-order chi connectivity index (χ1) is 15.0. The molecule has 1 unspecified atom stereocenters. The molecular formula is C22H27F2N5O2. The molecule has 2 aromatic carbocycles. The maximum absolute atomic E-state index is 14.0. The molecule has 1 aliphatic heterocycles. The topological polar surface area (TPSA) is 78.0 Å². The van der Waals surface area contributed by atoms with Crippen molar-refractivity contribution in [3.63, 3.8) is 0 Å². The number of hydrogen-bond acceptors (Lipinski definition) is 4. The molecule has 0 aromatic heterocycles. The summed E-state index contributed by atoms with van der Waals surface area (Å²) in [5.74, 6) is -0.0133. The Morgan fingerprint density at radius 2 is 1.90 bits per heavy atom. The van der Waals surface area contributed by atoms with Crippen LogP contribution in [0.5, 0.6) is 5.75 Å². The Balaban J connectivity index is 1.41. The van der Waals surface area contributed by atoms with E-state index in [9.17, 15) is 13.6 Å². The third-order valence-electron chi connectivity index (χ3n) is 5.06. The van der Waals surface area contributed by atoms with Crippen molar-refractivity contribution >= 4 is 17.6 Å². The van der Waals surface area contributed by atoms with E-state index in [1.165, 1.54) is 12.1 Å². The number of benzene rings is 2. The second-order valence-electron chi connectivity index (χ2n) is 7.16. The van der Waals surface area contributed by atoms with E-state index in [1.54, 1.807) is 38.4 Å². The van der Waals surface area contributed by atoms with Crippen molar-refractivity contribution in [3.8, 4) is 5.75 Å². The number of methoxy groups -OCH3 is 1. The highest BCUT2D eigenvalue weighted by Crippen LogP contribution is 2.24. The van der Waals surface area contributed by atoms with E-state index in [2.05, 4.69) is 20.9 Å². The van der Waals surface area contributed by atoms with Crippen LogP contribution < -0.4 is 25.6 Å². The average Bonchev–Trinajstić information content (AvgIpc) is 3.23. The molecule has 9 heteroatoms. The van der Waals surface area contributed by atoms with Gasteiger partial charge in [0.1, 0.15) is 17.4 Å². The Morgan fingerprint density at radius 1 is 1.16 bits per heavy atom. The fourth-order valence-electron chi connectivity index (χ4n) is 3.42. The van der Waals surface area contributed by atoms with Crippen LogP contribution in [0.2, 0.25) is 0 Å². The minimum Gasteiger partial charge on any atom is -0.497 e. The number of carbonyl (C=O) groups excluding carboxylic acids is 1. The lowest BCUT2D eigenvalue weighted by molar-refractivity contribution is 0.0954. The number of anilines is 1. The number of rotatable bonds is 7. The van der Waals surface area contributed by atoms with Crippen molar-refractivity contribution in [1.29, 1.82) is 0 Å². The number of carbonyl (C=O) groups is 1. The molecular weight excluding hydrogens is 404 g/mol. The summed E-state index contributed by atoms with van der Waals surface area (Å²) in [5.41, 5.74) is 0.956. The number of ether oxygens (including phenoxy) is 1. The fourth-order valence-corrected chi connectivity index (χ4v) is 3.42. The van der Waals surface area contributed by atoms with Crippen molar-refractivity contribution in [2.45, 2.75) is 12.5 Å². The van der Waals surface area contributed by atoms with Gasteiger partial charge in [-0.3, -0.25) is 9.79 Å². The molecule has 0 bridgehead atoms. The van der Waals surface area contributed by atoms with Crippen molar-refractivity contribution in [1.82, 2.24) is 16.0 Å². The van der Waals surface area contributed by atoms with E-state index < -0.39 is 11.6 Å². The normalized spacial score (nSPS) is 16.2. The van der Waals surface area contributed by atoms with Crippen LogP contribution in [0.25, 0.3) is 0 Å². The van der Waals surface area contributed by atoms with Gasteiger partial charge in [-0.1, -0.05) is 0 Å². The van der Waals surface area contributed by atoms with Crippen molar-refractivity contribution in [3.05, 3.63) is 59.7 Å². The maximum Gasteiger partial charge on any atom is 0.251 e. The van der Waals surface area contributed by atoms with Crippen LogP contribution in [0.1, 0.15) is 16.8 Å². The number of hydrogen-bond donors (Lipinski definition) is 3. The second-order valence-corrected chi connectivity index (χ2v) is 7.16. The minimum absolute atomic E-state index is 0.0737. The van der Waals surface area contributed by atoms with Gasteiger partial charge in [-0.25, -0.2) is 8.78 Å². The summed E-state index contributed by atoms with van der Waals surface area (Å²) >= 11 is 0. The zero-order valence-electron chi connectivity index (χ0n) is 17.6. The van der Waals surface area contributed by atoms with E-state index in [4.69, 9.17) is 4.74 Å². The fraction of sp³-hybridized carbons (Fsp3) is 0.364. The molecule has 1 atom stereocenters. The third-order valence-corrected chi connectivity index (χ3v) is 5.06. The van der Waals surface area contributed by atoms with Gasteiger partial charge in [0.25, 0.3) is 5.91 Å². The standard InChI is InChI=1S/C22H27F2N5O2/c1-25-22(27-11-10-26-21(30)15-3-6-18(31-2)7-4-15)28-17-9-12-29(14-17)20-8-5-16(23)13-19(20)24/h3-8,13,17H,9-12,14H2,1-2H3,(H,26,30)(H2,25,27,28). The first-order valence-electron chi connectivity index (χ1n) is 10.1. The smallest absolute Gasteiger partial charge is 0.251 e. The molecule has 31 heavy (non-hydrogen) atoms. The lowest BCUT2D eigenvalue weighted by Crippen LogP contribution is -2.46. The quantitative estimate of drug-likeness (QED) is 0.356. The Labute approximate surface area is 180 Å². The van der Waals surface area contributed by atoms with Crippen LogP contribution in [0, 0.1) is 11.6 Å². The number of halogens is 2. The van der Waals surface area contributed by atoms with Crippen LogP contribution in [0.4, 0.5) is 14.5 Å². The Bertz CT molecular complexity index is 921. The molecule has 166 valence electrons. The molecule has 1 fully saturated rings. The molecule has 2 aromatic rings. The van der Waals surface area contributed by atoms with Gasteiger partial charge in [-0.15, -0.1) is 0 Å². The van der Waals surface area contributed by atoms with Gasteiger partial charge in [-0.2, -0.15) is 0 Å². The molecule has 1 aliphatic rings. The molecule has 1 saturated heterocycles. The van der Waals surface area contributed by atoms with Crippen molar-refractivity contribution in [2.75, 3.05) is 45.2 Å². The van der Waals surface area contributed by atoms with Crippen LogP contribution in [0.15, 0.2) is 47.5 Å². The third kappa shape index (κ3) is 6.07. The van der Waals surface area contributed by atoms with Crippen molar-refractivity contribution < 1.29 is 18.3 Å². The Hall–Kier alpha value is -3.36. The molecule has 0 saturated carbocycles. The molecule has 1 heterocycles. The number of amides is 1. The monoisotopic (exact) mass is 431 g/mol. The highest BCUT2D eigenvalue weighted by molar-refractivity contribution is 5.94. The lowest BCUT2D eigenvalue weighted by atomic mass is 10.2. The van der Waals surface area contributed by atoms with Gasteiger partial charge in [0.2, 0.25) is 0 Å². The lowest BCUT2D eigenvalue weighted by Gasteiger charge is -2.21. The van der Waals surface area contributed by atoms with E-state index >= 15 is 0 Å². The van der Waals surface area contributed by atoms with E-state index in [0.717, 1.165) is 12.5 Å². The summed E-state index contributed by atoms with van der Waals surface area (Å²) in [7, 11) is 3.24. The first kappa shape index (κ1) is 22.3. The van der Waals surface area contributed by atoms with E-state index in [-0.39, 0.29) is 11.9 Å². The van der Waals surface area contributed by atoms with Crippen LogP contribution in [-0.2, 0) is 0 Å². The van der Waals surface area contributed by atoms with Gasteiger partial charge < -0.3 is 25.6 Å². The zero-order valence-corrected chi connectivity index (χ0v) is 17.6. The minimum atomic E-state index is -0.584. The first-order valence-corrected chi connectivity index (χ1v) is 10.1. The predicted octanol–water partition coefficient (Wildman–Crippen LogP) is 2.15. The van der Waals surface area contributed by atoms with Gasteiger partial charge in [0.15, 0.2) is 5.96 Å². The predicted molar refractivity (Wildman–Crippen MR) is 117 cm³/mol. The molecule has 0 aliphatic carbocycles. The molecule has 3 rings (SSSR count). The van der Waals surface area contributed by atoms with Gasteiger partial charge in [0.05, 0.1) is 12.8 Å². The summed E-state index contributed by atoms with van der Waals surface area (Å²) in [5, 5.41) is 9.30. The second kappa shape index (κ2) is 10.6. The summed E-state index contributed by atoms with van der Waals surface area (Å²) in [6, 6.07) is 10.6. The molecule has 7 nitrogen and oxygen atoms in total.